The third kappa shape index (κ3) is 4.41. The molecule has 2 saturated heterocycles. The first-order chi connectivity index (χ1) is 10.6. The van der Waals surface area contributed by atoms with Gasteiger partial charge in [0.15, 0.2) is 0 Å². The van der Waals surface area contributed by atoms with Crippen molar-refractivity contribution in [2.75, 3.05) is 26.2 Å². The van der Waals surface area contributed by atoms with Crippen molar-refractivity contribution in [3.8, 4) is 0 Å². The molecule has 1 aromatic rings. The Morgan fingerprint density at radius 1 is 1.09 bits per heavy atom. The van der Waals surface area contributed by atoms with Crippen molar-refractivity contribution in [3.63, 3.8) is 0 Å². The van der Waals surface area contributed by atoms with E-state index in [2.05, 4.69) is 44.2 Å². The molecule has 1 aromatic carbocycles. The first-order valence-electron chi connectivity index (χ1n) is 8.24. The summed E-state index contributed by atoms with van der Waals surface area (Å²) in [4.78, 5) is 3.97. The van der Waals surface area contributed by atoms with Gasteiger partial charge in [-0.25, -0.2) is 4.31 Å². The number of likely N-dealkylation sites (tertiary alicyclic amines) is 1. The van der Waals surface area contributed by atoms with Gasteiger partial charge >= 0.3 is 0 Å². The topological polar surface area (TPSA) is 6.48 Å². The molecule has 0 aromatic heterocycles. The number of halogens is 2. The lowest BCUT2D eigenvalue weighted by atomic mass is 9.95. The highest BCUT2D eigenvalue weighted by molar-refractivity contribution is 9.10. The van der Waals surface area contributed by atoms with Gasteiger partial charge in [-0.2, -0.15) is 0 Å². The third-order valence-corrected chi connectivity index (χ3v) is 7.20. The van der Waals surface area contributed by atoms with Crippen molar-refractivity contribution in [1.82, 2.24) is 9.21 Å². The maximum Gasteiger partial charge on any atom is 0.0559 e. The van der Waals surface area contributed by atoms with Crippen LogP contribution in [0.2, 0.25) is 5.02 Å². The maximum absolute atomic E-state index is 6.18. The summed E-state index contributed by atoms with van der Waals surface area (Å²) in [7, 11) is 0. The van der Waals surface area contributed by atoms with Crippen LogP contribution in [0.3, 0.4) is 0 Å². The Balaban J connectivity index is 1.48. The summed E-state index contributed by atoms with van der Waals surface area (Å²) >= 11 is 11.5. The van der Waals surface area contributed by atoms with Crippen molar-refractivity contribution in [2.24, 2.45) is 5.92 Å². The predicted octanol–water partition coefficient (Wildman–Crippen LogP) is 5.31. The molecule has 0 saturated carbocycles. The molecule has 2 nitrogen and oxygen atoms in total. The summed E-state index contributed by atoms with van der Waals surface area (Å²) in [5.41, 5.74) is 0. The molecule has 0 bridgehead atoms. The number of hydrogen-bond donors (Lipinski definition) is 0. The molecule has 22 heavy (non-hydrogen) atoms. The van der Waals surface area contributed by atoms with Crippen LogP contribution in [0.4, 0.5) is 0 Å². The highest BCUT2D eigenvalue weighted by Crippen LogP contribution is 2.32. The van der Waals surface area contributed by atoms with Gasteiger partial charge in [0.1, 0.15) is 0 Å². The lowest BCUT2D eigenvalue weighted by Gasteiger charge is -2.41. The normalized spacial score (nSPS) is 23.0. The Kier molecular flexibility index (Phi) is 6.13. The van der Waals surface area contributed by atoms with Crippen LogP contribution in [0.5, 0.6) is 0 Å². The van der Waals surface area contributed by atoms with Gasteiger partial charge in [0.05, 0.1) is 5.02 Å². The molecule has 5 heteroatoms. The Labute approximate surface area is 151 Å². The molecule has 0 aliphatic carbocycles. The molecule has 0 N–H and O–H groups in total. The quantitative estimate of drug-likeness (QED) is 0.632. The standard InChI is InChI=1S/C17H24BrClN2S/c1-13-4-8-20(9-5-13)14-6-10-21(11-7-14)22-15-2-3-16(18)17(19)12-15/h2-3,12-14H,4-11H2,1H3. The van der Waals surface area contributed by atoms with Gasteiger partial charge in [0.25, 0.3) is 0 Å². The Bertz CT molecular complexity index is 497. The molecular weight excluding hydrogens is 380 g/mol. The van der Waals surface area contributed by atoms with E-state index < -0.39 is 0 Å². The summed E-state index contributed by atoms with van der Waals surface area (Å²) < 4.78 is 3.46. The summed E-state index contributed by atoms with van der Waals surface area (Å²) in [5.74, 6) is 0.925. The Hall–Kier alpha value is 0.260. The van der Waals surface area contributed by atoms with Crippen LogP contribution in [0.1, 0.15) is 32.6 Å². The predicted molar refractivity (Wildman–Crippen MR) is 99.6 cm³/mol. The molecule has 2 aliphatic heterocycles. The molecule has 0 spiro atoms. The van der Waals surface area contributed by atoms with Gasteiger partial charge in [-0.05, 0) is 90.8 Å². The first-order valence-corrected chi connectivity index (χ1v) is 10.2. The lowest BCUT2D eigenvalue weighted by Crippen LogP contribution is -2.46. The maximum atomic E-state index is 6.18. The van der Waals surface area contributed by atoms with E-state index >= 15 is 0 Å². The first kappa shape index (κ1) is 17.1. The minimum absolute atomic E-state index is 0.794. The molecular formula is C17H24BrClN2S. The fourth-order valence-corrected chi connectivity index (χ4v) is 4.86. The second kappa shape index (κ2) is 7.89. The summed E-state index contributed by atoms with van der Waals surface area (Å²) in [6.45, 7) is 7.35. The van der Waals surface area contributed by atoms with Crippen LogP contribution in [-0.2, 0) is 0 Å². The van der Waals surface area contributed by atoms with E-state index in [0.717, 1.165) is 21.5 Å². The van der Waals surface area contributed by atoms with Crippen molar-refractivity contribution in [2.45, 2.75) is 43.5 Å². The molecule has 3 rings (SSSR count). The molecule has 0 atom stereocenters. The summed E-state index contributed by atoms with van der Waals surface area (Å²) in [6.07, 6.45) is 5.36. The van der Waals surface area contributed by atoms with Gasteiger partial charge in [0, 0.05) is 28.5 Å². The van der Waals surface area contributed by atoms with E-state index in [9.17, 15) is 0 Å². The number of hydrogen-bond acceptors (Lipinski definition) is 3. The van der Waals surface area contributed by atoms with Crippen LogP contribution in [0.25, 0.3) is 0 Å². The van der Waals surface area contributed by atoms with E-state index in [1.54, 1.807) is 0 Å². The third-order valence-electron chi connectivity index (χ3n) is 4.88. The van der Waals surface area contributed by atoms with Gasteiger partial charge < -0.3 is 4.90 Å². The second-order valence-electron chi connectivity index (χ2n) is 6.55. The average Bonchev–Trinajstić information content (AvgIpc) is 2.53. The molecule has 122 valence electrons. The highest BCUT2D eigenvalue weighted by atomic mass is 79.9. The summed E-state index contributed by atoms with van der Waals surface area (Å²) in [6, 6.07) is 7.03. The van der Waals surface area contributed by atoms with E-state index in [4.69, 9.17) is 11.6 Å². The largest absolute Gasteiger partial charge is 0.300 e. The Morgan fingerprint density at radius 3 is 2.41 bits per heavy atom. The molecule has 2 heterocycles. The van der Waals surface area contributed by atoms with Crippen LogP contribution in [-0.4, -0.2) is 41.4 Å². The monoisotopic (exact) mass is 402 g/mol. The van der Waals surface area contributed by atoms with Gasteiger partial charge in [-0.3, -0.25) is 0 Å². The number of benzene rings is 1. The summed E-state index contributed by atoms with van der Waals surface area (Å²) in [5, 5.41) is 0.794. The number of nitrogens with zero attached hydrogens (tertiary/aromatic N) is 2. The SMILES string of the molecule is CC1CCN(C2CCN(Sc3ccc(Br)c(Cl)c3)CC2)CC1. The fraction of sp³-hybridized carbons (Fsp3) is 0.647. The van der Waals surface area contributed by atoms with E-state index in [0.29, 0.717) is 0 Å². The van der Waals surface area contributed by atoms with Crippen molar-refractivity contribution >= 4 is 39.5 Å². The molecule has 0 amide bonds. The molecule has 2 fully saturated rings. The lowest BCUT2D eigenvalue weighted by molar-refractivity contribution is 0.103. The van der Waals surface area contributed by atoms with Crippen LogP contribution >= 0.6 is 39.5 Å². The van der Waals surface area contributed by atoms with Crippen LogP contribution in [0.15, 0.2) is 27.6 Å². The number of piperidine rings is 2. The van der Waals surface area contributed by atoms with Crippen molar-refractivity contribution in [1.29, 1.82) is 0 Å². The Morgan fingerprint density at radius 2 is 1.77 bits per heavy atom. The zero-order chi connectivity index (χ0) is 15.5. The fourth-order valence-electron chi connectivity index (χ4n) is 3.38. The highest BCUT2D eigenvalue weighted by Gasteiger charge is 2.27. The zero-order valence-corrected chi connectivity index (χ0v) is 16.3. The van der Waals surface area contributed by atoms with Gasteiger partial charge in [-0.15, -0.1) is 0 Å². The smallest absolute Gasteiger partial charge is 0.0559 e. The second-order valence-corrected chi connectivity index (χ2v) is 8.98. The minimum atomic E-state index is 0.794. The average molecular weight is 404 g/mol. The van der Waals surface area contributed by atoms with E-state index in [-0.39, 0.29) is 0 Å². The van der Waals surface area contributed by atoms with Crippen molar-refractivity contribution in [3.05, 3.63) is 27.7 Å². The van der Waals surface area contributed by atoms with Crippen LogP contribution < -0.4 is 0 Å². The van der Waals surface area contributed by atoms with Crippen LogP contribution in [0, 0.1) is 5.92 Å². The molecule has 0 radical (unpaired) electrons. The van der Waals surface area contributed by atoms with Gasteiger partial charge in [0.2, 0.25) is 0 Å². The molecule has 2 aliphatic rings. The van der Waals surface area contributed by atoms with E-state index in [1.165, 1.54) is 56.8 Å². The zero-order valence-electron chi connectivity index (χ0n) is 13.1. The molecule has 0 unspecified atom stereocenters. The van der Waals surface area contributed by atoms with Gasteiger partial charge in [-0.1, -0.05) is 18.5 Å². The number of rotatable bonds is 3. The minimum Gasteiger partial charge on any atom is -0.300 e. The van der Waals surface area contributed by atoms with Crippen molar-refractivity contribution < 1.29 is 0 Å². The van der Waals surface area contributed by atoms with E-state index in [1.807, 2.05) is 18.0 Å².